The molecule has 1 aliphatic rings. The molecule has 0 radical (unpaired) electrons. The maximum atomic E-state index is 13.0. The number of amides is 1. The summed E-state index contributed by atoms with van der Waals surface area (Å²) in [5.74, 6) is 0.707. The molecule has 1 atom stereocenters. The number of benzene rings is 1. The second-order valence-electron chi connectivity index (χ2n) is 8.31. The highest BCUT2D eigenvalue weighted by molar-refractivity contribution is 6.46. The largest absolute Gasteiger partial charge is 0.497 e. The fourth-order valence-electron chi connectivity index (χ4n) is 3.62. The number of carbonyl (C=O) groups is 1. The summed E-state index contributed by atoms with van der Waals surface area (Å²) in [6, 6.07) is 7.51. The van der Waals surface area contributed by atoms with E-state index in [0.717, 1.165) is 11.3 Å². The number of likely N-dealkylation sites (N-methyl/N-ethyl adjacent to an activating group) is 1. The molecule has 36 heavy (non-hydrogen) atoms. The van der Waals surface area contributed by atoms with Gasteiger partial charge in [-0.3, -0.25) is 9.80 Å². The lowest BCUT2D eigenvalue weighted by Gasteiger charge is -2.37. The van der Waals surface area contributed by atoms with E-state index in [0.29, 0.717) is 47.7 Å². The fourth-order valence-corrected chi connectivity index (χ4v) is 3.83. The van der Waals surface area contributed by atoms with Gasteiger partial charge >= 0.3 is 0 Å². The van der Waals surface area contributed by atoms with Crippen LogP contribution in [0.4, 0.5) is 0 Å². The Labute approximate surface area is 224 Å². The Morgan fingerprint density at radius 2 is 1.86 bits per heavy atom. The molecule has 0 aliphatic carbocycles. The summed E-state index contributed by atoms with van der Waals surface area (Å²) in [4.78, 5) is 17.1. The van der Waals surface area contributed by atoms with E-state index < -0.39 is 0 Å². The van der Waals surface area contributed by atoms with E-state index >= 15 is 0 Å². The van der Waals surface area contributed by atoms with Gasteiger partial charge in [-0.1, -0.05) is 48.0 Å². The van der Waals surface area contributed by atoms with Crippen molar-refractivity contribution in [2.24, 2.45) is 5.10 Å². The Kier molecular flexibility index (Phi) is 12.1. The monoisotopic (exact) mass is 534 g/mol. The molecule has 0 bridgehead atoms. The molecule has 0 spiro atoms. The first-order chi connectivity index (χ1) is 17.2. The van der Waals surface area contributed by atoms with Gasteiger partial charge < -0.3 is 19.3 Å². The highest BCUT2D eigenvalue weighted by atomic mass is 35.5. The van der Waals surface area contributed by atoms with Crippen LogP contribution in [0.15, 0.2) is 76.0 Å². The van der Waals surface area contributed by atoms with Gasteiger partial charge in [0.1, 0.15) is 18.0 Å². The Morgan fingerprint density at radius 3 is 2.44 bits per heavy atom. The van der Waals surface area contributed by atoms with Crippen LogP contribution in [0.25, 0.3) is 0 Å². The highest BCUT2D eigenvalue weighted by Gasteiger charge is 2.23. The third kappa shape index (κ3) is 9.04. The zero-order chi connectivity index (χ0) is 26.7. The summed E-state index contributed by atoms with van der Waals surface area (Å²) < 4.78 is 10.7. The van der Waals surface area contributed by atoms with Crippen LogP contribution in [0, 0.1) is 0 Å². The van der Waals surface area contributed by atoms with Crippen LogP contribution in [0.3, 0.4) is 0 Å². The number of nitrogens with zero attached hydrogens (tertiary/aromatic N) is 4. The van der Waals surface area contributed by atoms with Crippen molar-refractivity contribution in [2.45, 2.75) is 20.0 Å². The molecule has 1 fully saturated rings. The molecule has 1 aromatic carbocycles. The second kappa shape index (κ2) is 14.7. The number of hydrogen-bond donors (Lipinski definition) is 0. The minimum atomic E-state index is -0.0535. The molecular formula is C27H36Cl2N4O3. The fraction of sp³-hybridized carbons (Fsp3) is 0.407. The van der Waals surface area contributed by atoms with E-state index in [1.807, 2.05) is 55.2 Å². The number of piperazine rings is 1. The molecule has 1 aromatic rings. The smallest absolute Gasteiger partial charge is 0.243 e. The minimum absolute atomic E-state index is 0.00274. The molecule has 1 saturated heterocycles. The zero-order valence-corrected chi connectivity index (χ0v) is 23.2. The Bertz CT molecular complexity index is 1030. The van der Waals surface area contributed by atoms with E-state index in [2.05, 4.69) is 16.6 Å². The second-order valence-corrected chi connectivity index (χ2v) is 9.21. The Hall–Kier alpha value is -2.74. The molecule has 0 aromatic heterocycles. The van der Waals surface area contributed by atoms with Crippen LogP contribution in [0.2, 0.25) is 0 Å². The number of allylic oxidation sites excluding steroid dienone is 5. The summed E-state index contributed by atoms with van der Waals surface area (Å²) in [5, 5.41) is 7.21. The molecule has 0 N–H and O–H groups in total. The van der Waals surface area contributed by atoms with E-state index in [4.69, 9.17) is 32.7 Å². The molecule has 1 heterocycles. The van der Waals surface area contributed by atoms with Gasteiger partial charge in [-0.25, -0.2) is 0 Å². The predicted octanol–water partition coefficient (Wildman–Crippen LogP) is 4.85. The molecule has 1 aliphatic heterocycles. The molecule has 7 nitrogen and oxygen atoms in total. The highest BCUT2D eigenvalue weighted by Crippen LogP contribution is 2.20. The zero-order valence-electron chi connectivity index (χ0n) is 21.7. The third-order valence-corrected chi connectivity index (χ3v) is 6.19. The van der Waals surface area contributed by atoms with Gasteiger partial charge in [0.05, 0.1) is 18.2 Å². The summed E-state index contributed by atoms with van der Waals surface area (Å²) in [7, 11) is 5.05. The van der Waals surface area contributed by atoms with Crippen molar-refractivity contribution in [2.75, 3.05) is 54.0 Å². The summed E-state index contributed by atoms with van der Waals surface area (Å²) >= 11 is 12.4. The average molecular weight is 536 g/mol. The van der Waals surface area contributed by atoms with Crippen molar-refractivity contribution in [3.63, 3.8) is 0 Å². The first kappa shape index (κ1) is 29.5. The number of rotatable bonds is 11. The van der Waals surface area contributed by atoms with E-state index in [-0.39, 0.29) is 18.6 Å². The lowest BCUT2D eigenvalue weighted by atomic mass is 10.1. The maximum absolute atomic E-state index is 13.0. The van der Waals surface area contributed by atoms with Crippen LogP contribution in [0.1, 0.15) is 19.4 Å². The summed E-state index contributed by atoms with van der Waals surface area (Å²) in [6.45, 7) is 10.3. The van der Waals surface area contributed by atoms with E-state index in [1.54, 1.807) is 38.4 Å². The molecule has 196 valence electrons. The van der Waals surface area contributed by atoms with Gasteiger partial charge in [0.2, 0.25) is 5.91 Å². The number of hydrogen-bond acceptors (Lipinski definition) is 6. The third-order valence-electron chi connectivity index (χ3n) is 5.67. The quantitative estimate of drug-likeness (QED) is 0.231. The van der Waals surface area contributed by atoms with E-state index in [1.165, 1.54) is 0 Å². The molecular weight excluding hydrogens is 499 g/mol. The SMILES string of the molecule is C=C(Cl)/C=C\C(=C/C(C)OC)N1CCN(C(=O)CN(C)/N=C(\C(Cl)=C\C)c2cccc(OC)c2)CC1. The first-order valence-corrected chi connectivity index (χ1v) is 12.5. The number of halogens is 2. The number of carbonyl (C=O) groups excluding carboxylic acids is 1. The predicted molar refractivity (Wildman–Crippen MR) is 149 cm³/mol. The van der Waals surface area contributed by atoms with Crippen LogP contribution in [-0.4, -0.2) is 86.5 Å². The normalized spacial score (nSPS) is 16.4. The van der Waals surface area contributed by atoms with Crippen molar-refractivity contribution >= 4 is 34.8 Å². The summed E-state index contributed by atoms with van der Waals surface area (Å²) in [6.07, 6.45) is 7.44. The molecule has 2 rings (SSSR count). The van der Waals surface area contributed by atoms with Gasteiger partial charge in [-0.15, -0.1) is 0 Å². The van der Waals surface area contributed by atoms with Crippen molar-refractivity contribution in [1.82, 2.24) is 14.8 Å². The van der Waals surface area contributed by atoms with Gasteiger partial charge in [0.15, 0.2) is 0 Å². The van der Waals surface area contributed by atoms with Crippen LogP contribution < -0.4 is 4.74 Å². The van der Waals surface area contributed by atoms with E-state index in [9.17, 15) is 4.79 Å². The Balaban J connectivity index is 2.07. The number of hydrazone groups is 1. The van der Waals surface area contributed by atoms with Crippen molar-refractivity contribution < 1.29 is 14.3 Å². The number of ether oxygens (including phenoxy) is 2. The molecule has 1 unspecified atom stereocenters. The molecule has 1 amide bonds. The van der Waals surface area contributed by atoms with Crippen LogP contribution in [0.5, 0.6) is 5.75 Å². The van der Waals surface area contributed by atoms with Gasteiger partial charge in [-0.05, 0) is 44.2 Å². The lowest BCUT2D eigenvalue weighted by Crippen LogP contribution is -2.50. The van der Waals surface area contributed by atoms with Crippen LogP contribution in [-0.2, 0) is 9.53 Å². The average Bonchev–Trinajstić information content (AvgIpc) is 2.88. The molecule has 9 heteroatoms. The summed E-state index contributed by atoms with van der Waals surface area (Å²) in [5.41, 5.74) is 2.37. The minimum Gasteiger partial charge on any atom is -0.497 e. The van der Waals surface area contributed by atoms with Crippen LogP contribution >= 0.6 is 23.2 Å². The van der Waals surface area contributed by atoms with Crippen molar-refractivity contribution in [3.05, 3.63) is 76.5 Å². The van der Waals surface area contributed by atoms with Crippen molar-refractivity contribution in [3.8, 4) is 5.75 Å². The number of methoxy groups -OCH3 is 2. The molecule has 0 saturated carbocycles. The first-order valence-electron chi connectivity index (χ1n) is 11.7. The standard InChI is InChI=1S/C27H36Cl2N4O3/c1-7-25(29)27(22-9-8-10-24(18-22)36-6)30-31(4)19-26(34)33-15-13-32(14-16-33)23(12-11-20(2)28)17-21(3)35-5/h7-12,17-18,21H,2,13-16,19H2,1,3-6H3/b12-11-,23-17+,25-7-,30-27-. The Morgan fingerprint density at radius 1 is 1.19 bits per heavy atom. The topological polar surface area (TPSA) is 57.6 Å². The van der Waals surface area contributed by atoms with Gasteiger partial charge in [-0.2, -0.15) is 5.10 Å². The maximum Gasteiger partial charge on any atom is 0.243 e. The van der Waals surface area contributed by atoms with Gasteiger partial charge in [0.25, 0.3) is 0 Å². The van der Waals surface area contributed by atoms with Gasteiger partial charge in [0, 0.05) is 56.6 Å². The lowest BCUT2D eigenvalue weighted by molar-refractivity contribution is -0.133. The van der Waals surface area contributed by atoms with Crippen molar-refractivity contribution in [1.29, 1.82) is 0 Å².